The maximum atomic E-state index is 10.7. The number of hydrogen-bond acceptors (Lipinski definition) is 4. The smallest absolute Gasteiger partial charge is 0.185 e. The highest BCUT2D eigenvalue weighted by atomic mass is 16.3. The molecule has 0 amide bonds. The number of benzene rings is 1. The molecule has 0 aliphatic carbocycles. The van der Waals surface area contributed by atoms with E-state index < -0.39 is 0 Å². The van der Waals surface area contributed by atoms with E-state index in [1.807, 2.05) is 6.07 Å². The van der Waals surface area contributed by atoms with Crippen LogP contribution >= 0.6 is 0 Å². The van der Waals surface area contributed by atoms with Gasteiger partial charge in [0.2, 0.25) is 0 Å². The zero-order valence-corrected chi connectivity index (χ0v) is 11.8. The molecular formula is C16H19NO3. The normalized spacial score (nSPS) is 10.9. The van der Waals surface area contributed by atoms with Gasteiger partial charge in [-0.05, 0) is 43.4 Å². The molecule has 0 fully saturated rings. The second kappa shape index (κ2) is 6.39. The van der Waals surface area contributed by atoms with Gasteiger partial charge in [-0.1, -0.05) is 13.8 Å². The van der Waals surface area contributed by atoms with Crippen LogP contribution in [0.1, 0.15) is 30.0 Å². The minimum absolute atomic E-state index is 0.280. The third-order valence-corrected chi connectivity index (χ3v) is 3.40. The predicted molar refractivity (Wildman–Crippen MR) is 77.8 cm³/mol. The molecule has 0 aliphatic heterocycles. The van der Waals surface area contributed by atoms with Gasteiger partial charge in [0, 0.05) is 17.7 Å². The van der Waals surface area contributed by atoms with Gasteiger partial charge in [-0.15, -0.1) is 0 Å². The summed E-state index contributed by atoms with van der Waals surface area (Å²) in [5.74, 6) is 1.22. The van der Waals surface area contributed by atoms with Crippen LogP contribution in [-0.4, -0.2) is 29.4 Å². The van der Waals surface area contributed by atoms with Crippen molar-refractivity contribution in [2.45, 2.75) is 20.4 Å². The van der Waals surface area contributed by atoms with Gasteiger partial charge >= 0.3 is 0 Å². The molecule has 0 unspecified atom stereocenters. The minimum Gasteiger partial charge on any atom is -0.508 e. The largest absolute Gasteiger partial charge is 0.508 e. The number of phenolic OH excluding ortho intramolecular Hbond substituents is 1. The lowest BCUT2D eigenvalue weighted by atomic mass is 10.1. The molecule has 0 radical (unpaired) electrons. The first-order chi connectivity index (χ1) is 9.67. The zero-order valence-electron chi connectivity index (χ0n) is 11.8. The van der Waals surface area contributed by atoms with E-state index in [0.29, 0.717) is 24.4 Å². The summed E-state index contributed by atoms with van der Waals surface area (Å²) in [5, 5.41) is 9.96. The fraction of sp³-hybridized carbons (Fsp3) is 0.312. The van der Waals surface area contributed by atoms with Gasteiger partial charge in [0.15, 0.2) is 12.0 Å². The zero-order chi connectivity index (χ0) is 14.5. The molecule has 0 saturated heterocycles. The van der Waals surface area contributed by atoms with E-state index in [4.69, 9.17) is 4.42 Å². The van der Waals surface area contributed by atoms with Gasteiger partial charge in [-0.3, -0.25) is 9.69 Å². The second-order valence-electron chi connectivity index (χ2n) is 4.62. The van der Waals surface area contributed by atoms with Gasteiger partial charge in [0.25, 0.3) is 0 Å². The van der Waals surface area contributed by atoms with Crippen molar-refractivity contribution >= 4 is 6.29 Å². The van der Waals surface area contributed by atoms with Gasteiger partial charge in [0.1, 0.15) is 11.5 Å². The Morgan fingerprint density at radius 2 is 1.95 bits per heavy atom. The molecule has 1 aromatic carbocycles. The number of aromatic hydroxyl groups is 1. The van der Waals surface area contributed by atoms with Crippen LogP contribution in [0.25, 0.3) is 11.3 Å². The van der Waals surface area contributed by atoms with Crippen molar-refractivity contribution in [2.24, 2.45) is 0 Å². The monoisotopic (exact) mass is 273 g/mol. The summed E-state index contributed by atoms with van der Waals surface area (Å²) < 4.78 is 5.41. The molecule has 0 atom stereocenters. The second-order valence-corrected chi connectivity index (χ2v) is 4.62. The molecule has 1 aromatic heterocycles. The Morgan fingerprint density at radius 3 is 2.55 bits per heavy atom. The highest BCUT2D eigenvalue weighted by molar-refractivity contribution is 5.73. The van der Waals surface area contributed by atoms with Crippen molar-refractivity contribution in [2.75, 3.05) is 13.1 Å². The predicted octanol–water partition coefficient (Wildman–Crippen LogP) is 3.31. The Hall–Kier alpha value is -2.07. The summed E-state index contributed by atoms with van der Waals surface area (Å²) >= 11 is 0. The van der Waals surface area contributed by atoms with Crippen molar-refractivity contribution in [3.05, 3.63) is 41.7 Å². The lowest BCUT2D eigenvalue weighted by Gasteiger charge is -2.19. The van der Waals surface area contributed by atoms with Gasteiger partial charge < -0.3 is 9.52 Å². The lowest BCUT2D eigenvalue weighted by molar-refractivity contribution is 0.110. The first-order valence-electron chi connectivity index (χ1n) is 6.77. The molecule has 0 saturated carbocycles. The Bertz CT molecular complexity index is 585. The number of aldehydes is 1. The minimum atomic E-state index is 0.280. The third kappa shape index (κ3) is 3.08. The van der Waals surface area contributed by atoms with E-state index in [-0.39, 0.29) is 5.75 Å². The molecule has 0 bridgehead atoms. The first kappa shape index (κ1) is 14.3. The summed E-state index contributed by atoms with van der Waals surface area (Å²) in [5.41, 5.74) is 1.72. The molecule has 2 aromatic rings. The van der Waals surface area contributed by atoms with Crippen molar-refractivity contribution < 1.29 is 14.3 Å². The molecule has 1 heterocycles. The number of hydrogen-bond donors (Lipinski definition) is 1. The number of furan rings is 1. The van der Waals surface area contributed by atoms with Crippen LogP contribution in [-0.2, 0) is 6.54 Å². The van der Waals surface area contributed by atoms with Crippen LogP contribution in [0.5, 0.6) is 5.75 Å². The number of nitrogens with zero attached hydrogens (tertiary/aromatic N) is 1. The Balaban J connectivity index is 2.30. The van der Waals surface area contributed by atoms with E-state index in [1.54, 1.807) is 24.3 Å². The Kier molecular flexibility index (Phi) is 4.58. The summed E-state index contributed by atoms with van der Waals surface area (Å²) in [6, 6.07) is 8.75. The SMILES string of the molecule is CCN(CC)Cc1cc(-c2ccc(C=O)o2)ccc1O. The van der Waals surface area contributed by atoms with Crippen LogP contribution in [0.3, 0.4) is 0 Å². The molecule has 4 nitrogen and oxygen atoms in total. The van der Waals surface area contributed by atoms with Crippen LogP contribution in [0.4, 0.5) is 0 Å². The number of carbonyl (C=O) groups excluding carboxylic acids is 1. The lowest BCUT2D eigenvalue weighted by Crippen LogP contribution is -2.22. The molecule has 20 heavy (non-hydrogen) atoms. The highest BCUT2D eigenvalue weighted by Gasteiger charge is 2.10. The highest BCUT2D eigenvalue weighted by Crippen LogP contribution is 2.28. The van der Waals surface area contributed by atoms with E-state index in [2.05, 4.69) is 18.7 Å². The van der Waals surface area contributed by atoms with Gasteiger partial charge in [-0.2, -0.15) is 0 Å². The Morgan fingerprint density at radius 1 is 1.20 bits per heavy atom. The molecule has 0 aliphatic rings. The Labute approximate surface area is 118 Å². The van der Waals surface area contributed by atoms with Crippen molar-refractivity contribution in [1.82, 2.24) is 4.90 Å². The standard InChI is InChI=1S/C16H19NO3/c1-3-17(4-2)10-13-9-12(5-7-15(13)19)16-8-6-14(11-18)20-16/h5-9,11,19H,3-4,10H2,1-2H3. The summed E-state index contributed by atoms with van der Waals surface area (Å²) in [6.45, 7) is 6.72. The molecule has 1 N–H and O–H groups in total. The summed E-state index contributed by atoms with van der Waals surface area (Å²) in [6.07, 6.45) is 0.681. The van der Waals surface area contributed by atoms with Crippen molar-refractivity contribution in [3.63, 3.8) is 0 Å². The maximum absolute atomic E-state index is 10.7. The third-order valence-electron chi connectivity index (χ3n) is 3.40. The molecule has 4 heteroatoms. The van der Waals surface area contributed by atoms with Crippen LogP contribution in [0, 0.1) is 0 Å². The summed E-state index contributed by atoms with van der Waals surface area (Å²) in [4.78, 5) is 12.9. The molecular weight excluding hydrogens is 254 g/mol. The van der Waals surface area contributed by atoms with Gasteiger partial charge in [-0.25, -0.2) is 0 Å². The average Bonchev–Trinajstić information content (AvgIpc) is 2.95. The number of carbonyl (C=O) groups is 1. The van der Waals surface area contributed by atoms with Crippen molar-refractivity contribution in [1.29, 1.82) is 0 Å². The molecule has 0 spiro atoms. The number of rotatable bonds is 6. The van der Waals surface area contributed by atoms with Crippen LogP contribution < -0.4 is 0 Å². The van der Waals surface area contributed by atoms with Crippen LogP contribution in [0.15, 0.2) is 34.7 Å². The van der Waals surface area contributed by atoms with Crippen molar-refractivity contribution in [3.8, 4) is 17.1 Å². The topological polar surface area (TPSA) is 53.7 Å². The van der Waals surface area contributed by atoms with E-state index in [0.717, 1.165) is 24.2 Å². The fourth-order valence-corrected chi connectivity index (χ4v) is 2.12. The van der Waals surface area contributed by atoms with Crippen LogP contribution in [0.2, 0.25) is 0 Å². The molecule has 106 valence electrons. The van der Waals surface area contributed by atoms with Gasteiger partial charge in [0.05, 0.1) is 0 Å². The fourth-order valence-electron chi connectivity index (χ4n) is 2.12. The average molecular weight is 273 g/mol. The number of phenols is 1. The van der Waals surface area contributed by atoms with E-state index in [9.17, 15) is 9.90 Å². The summed E-state index contributed by atoms with van der Waals surface area (Å²) in [7, 11) is 0. The van der Waals surface area contributed by atoms with E-state index >= 15 is 0 Å². The maximum Gasteiger partial charge on any atom is 0.185 e. The van der Waals surface area contributed by atoms with E-state index in [1.165, 1.54) is 0 Å². The first-order valence-corrected chi connectivity index (χ1v) is 6.77. The molecule has 2 rings (SSSR count). The quantitative estimate of drug-likeness (QED) is 0.820.